The molecule has 0 aliphatic carbocycles. The van der Waals surface area contributed by atoms with Crippen molar-refractivity contribution in [2.75, 3.05) is 43.5 Å². The van der Waals surface area contributed by atoms with E-state index < -0.39 is 15.9 Å². The molecule has 0 radical (unpaired) electrons. The second kappa shape index (κ2) is 13.7. The third-order valence-electron chi connectivity index (χ3n) is 7.63. The fourth-order valence-electron chi connectivity index (χ4n) is 5.36. The fraction of sp³-hybridized carbons (Fsp3) is 0.290. The summed E-state index contributed by atoms with van der Waals surface area (Å²) in [4.78, 5) is 28.3. The molecular formula is C31H31ClN6O5S2. The number of fused-ring (bicyclic) bond motifs is 1. The third-order valence-corrected chi connectivity index (χ3v) is 10.7. The van der Waals surface area contributed by atoms with Crippen molar-refractivity contribution in [3.05, 3.63) is 94.8 Å². The van der Waals surface area contributed by atoms with Gasteiger partial charge in [-0.3, -0.25) is 14.2 Å². The van der Waals surface area contributed by atoms with E-state index in [1.807, 2.05) is 29.2 Å². The first kappa shape index (κ1) is 31.2. The maximum absolute atomic E-state index is 13.3. The van der Waals surface area contributed by atoms with Crippen LogP contribution in [-0.4, -0.2) is 77.9 Å². The van der Waals surface area contributed by atoms with Crippen molar-refractivity contribution in [1.29, 1.82) is 0 Å². The zero-order valence-electron chi connectivity index (χ0n) is 24.3. The molecule has 2 amide bonds. The molecule has 1 saturated heterocycles. The van der Waals surface area contributed by atoms with Gasteiger partial charge in [0.1, 0.15) is 0 Å². The van der Waals surface area contributed by atoms with Crippen LogP contribution in [0.2, 0.25) is 5.02 Å². The summed E-state index contributed by atoms with van der Waals surface area (Å²) in [7, 11) is -3.67. The molecule has 0 atom stereocenters. The summed E-state index contributed by atoms with van der Waals surface area (Å²) in [6.45, 7) is 1.97. The van der Waals surface area contributed by atoms with Gasteiger partial charge in [0.2, 0.25) is 15.9 Å². The van der Waals surface area contributed by atoms with Gasteiger partial charge >= 0.3 is 0 Å². The number of benzene rings is 3. The van der Waals surface area contributed by atoms with Crippen LogP contribution in [0.1, 0.15) is 28.2 Å². The van der Waals surface area contributed by atoms with E-state index in [1.54, 1.807) is 22.8 Å². The van der Waals surface area contributed by atoms with Crippen LogP contribution in [0.15, 0.2) is 82.8 Å². The van der Waals surface area contributed by atoms with E-state index in [-0.39, 0.29) is 23.1 Å². The molecule has 6 rings (SSSR count). The van der Waals surface area contributed by atoms with Crippen LogP contribution in [0.25, 0.3) is 5.69 Å². The predicted octanol–water partition coefficient (Wildman–Crippen LogP) is 3.94. The van der Waals surface area contributed by atoms with Crippen LogP contribution < -0.4 is 10.2 Å². The highest BCUT2D eigenvalue weighted by Crippen LogP contribution is 2.29. The molecule has 2 aliphatic rings. The minimum Gasteiger partial charge on any atom is -0.379 e. The molecule has 2 aliphatic heterocycles. The quantitative estimate of drug-likeness (QED) is 0.266. The van der Waals surface area contributed by atoms with Gasteiger partial charge in [-0.1, -0.05) is 47.6 Å². The summed E-state index contributed by atoms with van der Waals surface area (Å²) in [6, 6.07) is 21.0. The third kappa shape index (κ3) is 6.92. The molecule has 1 N–H and O–H groups in total. The monoisotopic (exact) mass is 666 g/mol. The summed E-state index contributed by atoms with van der Waals surface area (Å²) < 4.78 is 34.3. The van der Waals surface area contributed by atoms with Crippen molar-refractivity contribution in [3.8, 4) is 5.69 Å². The number of amides is 2. The first-order valence-corrected chi connectivity index (χ1v) is 17.3. The van der Waals surface area contributed by atoms with Crippen molar-refractivity contribution in [3.63, 3.8) is 0 Å². The van der Waals surface area contributed by atoms with E-state index in [2.05, 4.69) is 21.6 Å². The van der Waals surface area contributed by atoms with Crippen molar-refractivity contribution in [1.82, 2.24) is 24.4 Å². The second-order valence-electron chi connectivity index (χ2n) is 10.5. The number of sulfonamides is 1. The predicted molar refractivity (Wildman–Crippen MR) is 171 cm³/mol. The van der Waals surface area contributed by atoms with Gasteiger partial charge in [0.15, 0.2) is 11.0 Å². The average molecular weight is 667 g/mol. The zero-order chi connectivity index (χ0) is 31.4. The highest BCUT2D eigenvalue weighted by atomic mass is 35.5. The lowest BCUT2D eigenvalue weighted by Crippen LogP contribution is -2.40. The Morgan fingerprint density at radius 2 is 1.73 bits per heavy atom. The smallest absolute Gasteiger partial charge is 0.251 e. The van der Waals surface area contributed by atoms with Crippen LogP contribution in [-0.2, 0) is 32.5 Å². The van der Waals surface area contributed by atoms with Crippen LogP contribution >= 0.6 is 23.4 Å². The molecular weight excluding hydrogens is 636 g/mol. The van der Waals surface area contributed by atoms with Gasteiger partial charge in [-0.15, -0.1) is 10.2 Å². The van der Waals surface area contributed by atoms with Gasteiger partial charge in [-0.25, -0.2) is 8.42 Å². The number of nitrogens with zero attached hydrogens (tertiary/aromatic N) is 5. The Morgan fingerprint density at radius 1 is 0.956 bits per heavy atom. The number of nitrogens with one attached hydrogen (secondary N) is 1. The molecule has 14 heteroatoms. The number of rotatable bonds is 9. The largest absolute Gasteiger partial charge is 0.379 e. The topological polar surface area (TPSA) is 127 Å². The molecule has 0 bridgehead atoms. The molecule has 0 saturated carbocycles. The highest BCUT2D eigenvalue weighted by molar-refractivity contribution is 7.99. The number of aryl methyl sites for hydroxylation is 1. The number of carbonyl (C=O) groups is 2. The van der Waals surface area contributed by atoms with E-state index >= 15 is 0 Å². The molecule has 45 heavy (non-hydrogen) atoms. The van der Waals surface area contributed by atoms with E-state index in [9.17, 15) is 18.0 Å². The Hall–Kier alpha value is -3.75. The van der Waals surface area contributed by atoms with Crippen LogP contribution in [0, 0.1) is 0 Å². The van der Waals surface area contributed by atoms with Crippen LogP contribution in [0.4, 0.5) is 5.69 Å². The van der Waals surface area contributed by atoms with Crippen molar-refractivity contribution >= 4 is 50.9 Å². The first-order chi connectivity index (χ1) is 21.8. The molecule has 3 heterocycles. The Balaban J connectivity index is 1.16. The van der Waals surface area contributed by atoms with E-state index in [4.69, 9.17) is 16.3 Å². The summed E-state index contributed by atoms with van der Waals surface area (Å²) in [6.07, 6.45) is 1.85. The number of para-hydroxylation sites is 1. The molecule has 0 spiro atoms. The van der Waals surface area contributed by atoms with Gasteiger partial charge in [0.05, 0.1) is 36.1 Å². The summed E-state index contributed by atoms with van der Waals surface area (Å²) >= 11 is 7.57. The Bertz CT molecular complexity index is 1810. The van der Waals surface area contributed by atoms with E-state index in [0.717, 1.165) is 24.1 Å². The lowest BCUT2D eigenvalue weighted by Gasteiger charge is -2.29. The zero-order valence-corrected chi connectivity index (χ0v) is 26.7. The molecule has 0 unspecified atom stereocenters. The summed E-state index contributed by atoms with van der Waals surface area (Å²) in [5, 5.41) is 12.5. The number of hydrogen-bond donors (Lipinski definition) is 1. The van der Waals surface area contributed by atoms with Gasteiger partial charge in [-0.2, -0.15) is 4.31 Å². The second-order valence-corrected chi connectivity index (χ2v) is 13.8. The Morgan fingerprint density at radius 3 is 2.51 bits per heavy atom. The lowest BCUT2D eigenvalue weighted by atomic mass is 10.0. The summed E-state index contributed by atoms with van der Waals surface area (Å²) in [5.74, 6) is 0.162. The molecule has 1 fully saturated rings. The van der Waals surface area contributed by atoms with Gasteiger partial charge in [0, 0.05) is 35.9 Å². The Labute approximate surface area is 270 Å². The number of morpholine rings is 1. The highest BCUT2D eigenvalue weighted by Gasteiger charge is 2.27. The SMILES string of the molecule is O=C(NCc1nnc(SCC(=O)N2CCCc3ccccc32)n1-c1cccc(Cl)c1)c1ccc(S(=O)(=O)N2CCOCC2)cc1. The first-order valence-electron chi connectivity index (χ1n) is 14.5. The molecule has 3 aromatic carbocycles. The Kier molecular flexibility index (Phi) is 9.52. The van der Waals surface area contributed by atoms with Crippen LogP contribution in [0.5, 0.6) is 0 Å². The van der Waals surface area contributed by atoms with Gasteiger partial charge in [0.25, 0.3) is 5.91 Å². The number of anilines is 1. The average Bonchev–Trinajstić information content (AvgIpc) is 3.49. The molecule has 234 valence electrons. The van der Waals surface area contributed by atoms with Crippen molar-refractivity contribution in [2.24, 2.45) is 0 Å². The standard InChI is InChI=1S/C31H31ClN6O5S2/c32-24-7-3-8-25(19-24)38-28(34-35-31(38)44-21-29(39)37-14-4-6-22-5-1-2-9-27(22)37)20-33-30(40)23-10-12-26(13-11-23)45(41,42)36-15-17-43-18-16-36/h1-3,5,7-13,19H,4,6,14-18,20-21H2,(H,33,40). The van der Waals surface area contributed by atoms with Crippen molar-refractivity contribution in [2.45, 2.75) is 29.4 Å². The van der Waals surface area contributed by atoms with Crippen LogP contribution in [0.3, 0.4) is 0 Å². The lowest BCUT2D eigenvalue weighted by molar-refractivity contribution is -0.116. The van der Waals surface area contributed by atoms with E-state index in [0.29, 0.717) is 60.1 Å². The maximum atomic E-state index is 13.3. The normalized spacial score (nSPS) is 15.4. The minimum atomic E-state index is -3.67. The van der Waals surface area contributed by atoms with Gasteiger partial charge < -0.3 is 15.0 Å². The number of carbonyl (C=O) groups excluding carboxylic acids is 2. The van der Waals surface area contributed by atoms with E-state index in [1.165, 1.54) is 40.3 Å². The number of halogens is 1. The van der Waals surface area contributed by atoms with Crippen molar-refractivity contribution < 1.29 is 22.7 Å². The molecule has 4 aromatic rings. The molecule has 11 nitrogen and oxygen atoms in total. The number of hydrogen-bond acceptors (Lipinski definition) is 8. The molecule has 1 aromatic heterocycles. The fourth-order valence-corrected chi connectivity index (χ4v) is 7.79. The minimum absolute atomic E-state index is 0.0262. The number of aromatic nitrogens is 3. The van der Waals surface area contributed by atoms with Gasteiger partial charge in [-0.05, 0) is 66.9 Å². The number of ether oxygens (including phenoxy) is 1. The maximum Gasteiger partial charge on any atom is 0.251 e. The number of thioether (sulfide) groups is 1. The summed E-state index contributed by atoms with van der Waals surface area (Å²) in [5.41, 5.74) is 3.09.